The molecule has 1 saturated heterocycles. The first-order valence-corrected chi connectivity index (χ1v) is 5.73. The van der Waals surface area contributed by atoms with Gasteiger partial charge in [-0.05, 0) is 12.5 Å². The van der Waals surface area contributed by atoms with Gasteiger partial charge < -0.3 is 4.90 Å². The SMILES string of the molecule is O=C1CCCN(C(=O)c2cc(F)cc([N+](=O)[O-])c2)C1. The average Bonchev–Trinajstić information content (AvgIpc) is 2.37. The van der Waals surface area contributed by atoms with Gasteiger partial charge in [-0.2, -0.15) is 0 Å². The lowest BCUT2D eigenvalue weighted by Gasteiger charge is -2.25. The van der Waals surface area contributed by atoms with Crippen molar-refractivity contribution in [2.45, 2.75) is 12.8 Å². The number of amides is 1. The number of likely N-dealkylation sites (tertiary alicyclic amines) is 1. The lowest BCUT2D eigenvalue weighted by molar-refractivity contribution is -0.385. The van der Waals surface area contributed by atoms with Gasteiger partial charge in [0.2, 0.25) is 0 Å². The smallest absolute Gasteiger partial charge is 0.273 e. The Hall–Kier alpha value is -2.31. The largest absolute Gasteiger partial charge is 0.331 e. The summed E-state index contributed by atoms with van der Waals surface area (Å²) in [4.78, 5) is 34.5. The minimum atomic E-state index is -0.846. The molecular weight excluding hydrogens is 255 g/mol. The number of rotatable bonds is 2. The highest BCUT2D eigenvalue weighted by Crippen LogP contribution is 2.19. The summed E-state index contributed by atoms with van der Waals surface area (Å²) in [5, 5.41) is 10.6. The van der Waals surface area contributed by atoms with Crippen molar-refractivity contribution in [1.82, 2.24) is 4.90 Å². The van der Waals surface area contributed by atoms with Crippen LogP contribution in [0, 0.1) is 15.9 Å². The summed E-state index contributed by atoms with van der Waals surface area (Å²) in [6.45, 7) is 0.373. The Balaban J connectivity index is 2.28. The topological polar surface area (TPSA) is 80.5 Å². The van der Waals surface area contributed by atoms with Gasteiger partial charge in [0.1, 0.15) is 5.82 Å². The molecule has 1 aliphatic rings. The number of benzene rings is 1. The highest BCUT2D eigenvalue weighted by molar-refractivity contribution is 5.97. The number of carbonyl (C=O) groups is 2. The Morgan fingerprint density at radius 2 is 2.11 bits per heavy atom. The van der Waals surface area contributed by atoms with Gasteiger partial charge in [-0.15, -0.1) is 0 Å². The predicted octanol–water partition coefficient (Wildman–Crippen LogP) is 1.54. The van der Waals surface area contributed by atoms with Crippen LogP contribution >= 0.6 is 0 Å². The molecule has 1 heterocycles. The standard InChI is InChI=1S/C12H11FN2O4/c13-9-4-8(5-10(6-9)15(18)19)12(17)14-3-1-2-11(16)7-14/h4-6H,1-3,7H2. The molecule has 1 fully saturated rings. The van der Waals surface area contributed by atoms with Crippen molar-refractivity contribution in [3.63, 3.8) is 0 Å². The van der Waals surface area contributed by atoms with E-state index in [1.807, 2.05) is 0 Å². The number of nitro benzene ring substituents is 1. The molecule has 0 N–H and O–H groups in total. The maximum atomic E-state index is 13.3. The zero-order valence-corrected chi connectivity index (χ0v) is 9.97. The molecule has 2 rings (SSSR count). The van der Waals surface area contributed by atoms with Crippen LogP contribution in [0.15, 0.2) is 18.2 Å². The Kier molecular flexibility index (Phi) is 3.55. The Morgan fingerprint density at radius 3 is 2.74 bits per heavy atom. The number of hydrogen-bond acceptors (Lipinski definition) is 4. The molecule has 0 bridgehead atoms. The van der Waals surface area contributed by atoms with E-state index in [4.69, 9.17) is 0 Å². The van der Waals surface area contributed by atoms with Crippen molar-refractivity contribution < 1.29 is 18.9 Å². The van der Waals surface area contributed by atoms with Gasteiger partial charge >= 0.3 is 0 Å². The molecule has 7 heteroatoms. The van der Waals surface area contributed by atoms with Gasteiger partial charge in [0.15, 0.2) is 5.78 Å². The summed E-state index contributed by atoms with van der Waals surface area (Å²) in [6.07, 6.45) is 0.981. The average molecular weight is 266 g/mol. The van der Waals surface area contributed by atoms with Gasteiger partial charge in [-0.3, -0.25) is 19.7 Å². The summed E-state index contributed by atoms with van der Waals surface area (Å²) in [7, 11) is 0. The normalized spacial score (nSPS) is 15.4. The molecule has 100 valence electrons. The van der Waals surface area contributed by atoms with Crippen LogP contribution in [-0.2, 0) is 4.79 Å². The molecule has 19 heavy (non-hydrogen) atoms. The molecular formula is C12H11FN2O4. The molecule has 0 atom stereocenters. The van der Waals surface area contributed by atoms with Crippen LogP contribution in [0.5, 0.6) is 0 Å². The van der Waals surface area contributed by atoms with Gasteiger partial charge in [-0.25, -0.2) is 4.39 Å². The maximum Gasteiger partial charge on any atom is 0.273 e. The number of halogens is 1. The summed E-state index contributed by atoms with van der Waals surface area (Å²) in [5.41, 5.74) is -0.590. The third kappa shape index (κ3) is 2.93. The number of ketones is 1. The van der Waals surface area contributed by atoms with E-state index in [2.05, 4.69) is 0 Å². The van der Waals surface area contributed by atoms with Crippen LogP contribution in [0.2, 0.25) is 0 Å². The summed E-state index contributed by atoms with van der Waals surface area (Å²) in [6, 6.07) is 2.71. The second-order valence-electron chi connectivity index (χ2n) is 4.32. The van der Waals surface area contributed by atoms with Gasteiger partial charge in [-0.1, -0.05) is 0 Å². The van der Waals surface area contributed by atoms with Crippen LogP contribution in [0.4, 0.5) is 10.1 Å². The molecule has 1 amide bonds. The van der Waals surface area contributed by atoms with Crippen molar-refractivity contribution >= 4 is 17.4 Å². The number of piperidine rings is 1. The first-order chi connectivity index (χ1) is 8.97. The lowest BCUT2D eigenvalue weighted by Crippen LogP contribution is -2.40. The fourth-order valence-corrected chi connectivity index (χ4v) is 2.00. The quantitative estimate of drug-likeness (QED) is 0.600. The number of carbonyl (C=O) groups excluding carboxylic acids is 2. The summed E-state index contributed by atoms with van der Waals surface area (Å²) in [5.74, 6) is -1.47. The predicted molar refractivity (Wildman–Crippen MR) is 63.2 cm³/mol. The van der Waals surface area contributed by atoms with Crippen LogP contribution in [0.3, 0.4) is 0 Å². The Morgan fingerprint density at radius 1 is 1.37 bits per heavy atom. The van der Waals surface area contributed by atoms with Crippen LogP contribution in [-0.4, -0.2) is 34.6 Å². The summed E-state index contributed by atoms with van der Waals surface area (Å²) < 4.78 is 13.3. The third-order valence-electron chi connectivity index (χ3n) is 2.88. The van der Waals surface area contributed by atoms with E-state index in [0.29, 0.717) is 19.4 Å². The molecule has 0 spiro atoms. The second-order valence-corrected chi connectivity index (χ2v) is 4.32. The van der Waals surface area contributed by atoms with Crippen LogP contribution < -0.4 is 0 Å². The van der Waals surface area contributed by atoms with E-state index in [0.717, 1.165) is 18.2 Å². The number of nitrogens with zero attached hydrogens (tertiary/aromatic N) is 2. The van der Waals surface area contributed by atoms with Gasteiger partial charge in [0.05, 0.1) is 17.5 Å². The fraction of sp³-hybridized carbons (Fsp3) is 0.333. The lowest BCUT2D eigenvalue weighted by atomic mass is 10.1. The first kappa shape index (κ1) is 13.1. The molecule has 0 aromatic heterocycles. The molecule has 0 radical (unpaired) electrons. The number of non-ortho nitro benzene ring substituents is 1. The zero-order chi connectivity index (χ0) is 14.0. The van der Waals surface area contributed by atoms with E-state index in [1.165, 1.54) is 4.90 Å². The molecule has 1 aliphatic heterocycles. The van der Waals surface area contributed by atoms with E-state index in [-0.39, 0.29) is 17.9 Å². The van der Waals surface area contributed by atoms with Crippen LogP contribution in [0.25, 0.3) is 0 Å². The van der Waals surface area contributed by atoms with Crippen molar-refractivity contribution in [3.8, 4) is 0 Å². The number of hydrogen-bond donors (Lipinski definition) is 0. The van der Waals surface area contributed by atoms with E-state index < -0.39 is 22.3 Å². The minimum Gasteiger partial charge on any atom is -0.331 e. The first-order valence-electron chi connectivity index (χ1n) is 5.73. The molecule has 0 unspecified atom stereocenters. The Bertz CT molecular complexity index is 559. The van der Waals surface area contributed by atoms with E-state index >= 15 is 0 Å². The van der Waals surface area contributed by atoms with Crippen molar-refractivity contribution in [2.24, 2.45) is 0 Å². The van der Waals surface area contributed by atoms with Gasteiger partial charge in [0, 0.05) is 24.6 Å². The molecule has 1 aromatic rings. The second kappa shape index (κ2) is 5.13. The van der Waals surface area contributed by atoms with Crippen molar-refractivity contribution in [1.29, 1.82) is 0 Å². The highest BCUT2D eigenvalue weighted by Gasteiger charge is 2.24. The summed E-state index contributed by atoms with van der Waals surface area (Å²) >= 11 is 0. The maximum absolute atomic E-state index is 13.3. The van der Waals surface area contributed by atoms with Crippen molar-refractivity contribution in [3.05, 3.63) is 39.7 Å². The third-order valence-corrected chi connectivity index (χ3v) is 2.88. The highest BCUT2D eigenvalue weighted by atomic mass is 19.1. The Labute approximate surface area is 108 Å². The van der Waals surface area contributed by atoms with E-state index in [9.17, 15) is 24.1 Å². The minimum absolute atomic E-state index is 0.0247. The fourth-order valence-electron chi connectivity index (χ4n) is 2.00. The van der Waals surface area contributed by atoms with E-state index in [1.54, 1.807) is 0 Å². The molecule has 6 nitrogen and oxygen atoms in total. The molecule has 0 saturated carbocycles. The van der Waals surface area contributed by atoms with Crippen LogP contribution in [0.1, 0.15) is 23.2 Å². The zero-order valence-electron chi connectivity index (χ0n) is 9.97. The molecule has 1 aromatic carbocycles. The number of Topliss-reactive ketones (excluding diaryl/α,β-unsaturated/α-hetero) is 1. The van der Waals surface area contributed by atoms with Crippen molar-refractivity contribution in [2.75, 3.05) is 13.1 Å². The van der Waals surface area contributed by atoms with Gasteiger partial charge in [0.25, 0.3) is 11.6 Å². The number of nitro groups is 1. The molecule has 0 aliphatic carbocycles. The monoisotopic (exact) mass is 266 g/mol.